The number of rotatable bonds is 3. The topological polar surface area (TPSA) is 53.6 Å². The molecule has 4 nitrogen and oxygen atoms in total. The Balaban J connectivity index is 2.25. The van der Waals surface area contributed by atoms with E-state index in [9.17, 15) is 4.39 Å². The molecule has 92 valence electrons. The van der Waals surface area contributed by atoms with Crippen molar-refractivity contribution in [1.82, 2.24) is 9.55 Å². The zero-order valence-corrected chi connectivity index (χ0v) is 10.2. The highest BCUT2D eigenvalue weighted by atomic mass is 19.1. The van der Waals surface area contributed by atoms with E-state index in [4.69, 9.17) is 5.26 Å². The molecule has 1 unspecified atom stereocenters. The smallest absolute Gasteiger partial charge is 0.130 e. The van der Waals surface area contributed by atoms with Crippen molar-refractivity contribution in [2.24, 2.45) is 7.05 Å². The lowest BCUT2D eigenvalue weighted by molar-refractivity contribution is 0.627. The van der Waals surface area contributed by atoms with Crippen LogP contribution in [0.2, 0.25) is 0 Å². The van der Waals surface area contributed by atoms with Gasteiger partial charge in [0.2, 0.25) is 0 Å². The molecule has 5 heteroatoms. The van der Waals surface area contributed by atoms with Crippen LogP contribution in [0.5, 0.6) is 0 Å². The lowest BCUT2D eigenvalue weighted by Crippen LogP contribution is -2.12. The van der Waals surface area contributed by atoms with Crippen molar-refractivity contribution in [3.05, 3.63) is 47.8 Å². The second-order valence-electron chi connectivity index (χ2n) is 4.06. The maximum Gasteiger partial charge on any atom is 0.130 e. The van der Waals surface area contributed by atoms with E-state index >= 15 is 0 Å². The first-order chi connectivity index (χ1) is 8.61. The number of hydrogen-bond acceptors (Lipinski definition) is 3. The highest BCUT2D eigenvalue weighted by Gasteiger charge is 2.12. The number of halogens is 1. The summed E-state index contributed by atoms with van der Waals surface area (Å²) in [5, 5.41) is 12.1. The Morgan fingerprint density at radius 1 is 1.50 bits per heavy atom. The largest absolute Gasteiger partial charge is 0.374 e. The van der Waals surface area contributed by atoms with E-state index in [0.717, 1.165) is 5.82 Å². The maximum absolute atomic E-state index is 13.0. The minimum absolute atomic E-state index is 0.0671. The number of benzene rings is 1. The SMILES string of the molecule is CC(Nc1ccc(F)cc1C#N)c1nccn1C. The van der Waals surface area contributed by atoms with Gasteiger partial charge in [0.25, 0.3) is 0 Å². The fraction of sp³-hybridized carbons (Fsp3) is 0.231. The van der Waals surface area contributed by atoms with Crippen LogP contribution >= 0.6 is 0 Å². The van der Waals surface area contributed by atoms with E-state index in [2.05, 4.69) is 10.3 Å². The summed E-state index contributed by atoms with van der Waals surface area (Å²) < 4.78 is 14.9. The van der Waals surface area contributed by atoms with Gasteiger partial charge in [0, 0.05) is 19.4 Å². The second-order valence-corrected chi connectivity index (χ2v) is 4.06. The van der Waals surface area contributed by atoms with Crippen LogP contribution < -0.4 is 5.32 Å². The van der Waals surface area contributed by atoms with Gasteiger partial charge in [0.15, 0.2) is 0 Å². The third-order valence-corrected chi connectivity index (χ3v) is 2.72. The average molecular weight is 244 g/mol. The number of nitrogens with one attached hydrogen (secondary N) is 1. The third-order valence-electron chi connectivity index (χ3n) is 2.72. The van der Waals surface area contributed by atoms with Crippen LogP contribution in [0.1, 0.15) is 24.4 Å². The maximum atomic E-state index is 13.0. The first-order valence-corrected chi connectivity index (χ1v) is 5.55. The molecule has 2 aromatic rings. The summed E-state index contributed by atoms with van der Waals surface area (Å²) in [6, 6.07) is 6.01. The zero-order valence-electron chi connectivity index (χ0n) is 10.2. The summed E-state index contributed by atoms with van der Waals surface area (Å²) in [7, 11) is 1.90. The lowest BCUT2D eigenvalue weighted by Gasteiger charge is -2.16. The highest BCUT2D eigenvalue weighted by Crippen LogP contribution is 2.21. The Bertz CT molecular complexity index is 597. The molecular weight excluding hydrogens is 231 g/mol. The molecule has 0 bridgehead atoms. The van der Waals surface area contributed by atoms with Gasteiger partial charge in [-0.15, -0.1) is 0 Å². The molecule has 0 aliphatic heterocycles. The van der Waals surface area contributed by atoms with E-state index in [1.54, 1.807) is 12.3 Å². The molecule has 1 N–H and O–H groups in total. The molecule has 0 saturated heterocycles. The molecule has 0 fully saturated rings. The van der Waals surface area contributed by atoms with E-state index < -0.39 is 5.82 Å². The van der Waals surface area contributed by atoms with Crippen molar-refractivity contribution in [1.29, 1.82) is 5.26 Å². The monoisotopic (exact) mass is 244 g/mol. The molecule has 1 atom stereocenters. The number of nitrogens with zero attached hydrogens (tertiary/aromatic N) is 3. The van der Waals surface area contributed by atoms with Gasteiger partial charge in [-0.1, -0.05) is 0 Å². The molecular formula is C13H13FN4. The molecule has 1 heterocycles. The Labute approximate surface area is 105 Å². The van der Waals surface area contributed by atoms with Crippen molar-refractivity contribution < 1.29 is 4.39 Å². The molecule has 0 radical (unpaired) electrons. The minimum atomic E-state index is -0.415. The van der Waals surface area contributed by atoms with Crippen molar-refractivity contribution >= 4 is 5.69 Å². The highest BCUT2D eigenvalue weighted by molar-refractivity contribution is 5.58. The third kappa shape index (κ3) is 2.33. The number of hydrogen-bond donors (Lipinski definition) is 1. The van der Waals surface area contributed by atoms with E-state index in [0.29, 0.717) is 5.69 Å². The Morgan fingerprint density at radius 2 is 2.28 bits per heavy atom. The predicted octanol–water partition coefficient (Wildman–Crippen LogP) is 2.60. The molecule has 18 heavy (non-hydrogen) atoms. The fourth-order valence-electron chi connectivity index (χ4n) is 1.83. The Hall–Kier alpha value is -2.35. The van der Waals surface area contributed by atoms with Gasteiger partial charge in [-0.2, -0.15) is 5.26 Å². The first kappa shape index (κ1) is 12.1. The molecule has 0 aliphatic carbocycles. The fourth-order valence-corrected chi connectivity index (χ4v) is 1.83. The van der Waals surface area contributed by atoms with E-state index in [-0.39, 0.29) is 11.6 Å². The molecule has 1 aromatic heterocycles. The summed E-state index contributed by atoms with van der Waals surface area (Å²) in [5.74, 6) is 0.435. The van der Waals surface area contributed by atoms with Crippen LogP contribution in [0.15, 0.2) is 30.6 Å². The number of anilines is 1. The van der Waals surface area contributed by atoms with Gasteiger partial charge in [0.1, 0.15) is 17.7 Å². The quantitative estimate of drug-likeness (QED) is 0.902. The summed E-state index contributed by atoms with van der Waals surface area (Å²) >= 11 is 0. The second kappa shape index (κ2) is 4.88. The van der Waals surface area contributed by atoms with Gasteiger partial charge in [-0.05, 0) is 25.1 Å². The van der Waals surface area contributed by atoms with Gasteiger partial charge >= 0.3 is 0 Å². The predicted molar refractivity (Wildman–Crippen MR) is 66.4 cm³/mol. The lowest BCUT2D eigenvalue weighted by atomic mass is 10.1. The molecule has 0 spiro atoms. The van der Waals surface area contributed by atoms with Crippen molar-refractivity contribution in [2.75, 3.05) is 5.32 Å². The Kier molecular flexibility index (Phi) is 3.28. The van der Waals surface area contributed by atoms with Crippen LogP contribution in [0.25, 0.3) is 0 Å². The first-order valence-electron chi connectivity index (χ1n) is 5.55. The normalized spacial score (nSPS) is 11.9. The number of aromatic nitrogens is 2. The summed E-state index contributed by atoms with van der Waals surface area (Å²) in [4.78, 5) is 4.23. The standard InChI is InChI=1S/C13H13FN4/c1-9(13-16-5-6-18(13)2)17-12-4-3-11(14)7-10(12)8-15/h3-7,9,17H,1-2H3. The van der Waals surface area contributed by atoms with Crippen molar-refractivity contribution in [3.8, 4) is 6.07 Å². The van der Waals surface area contributed by atoms with Crippen LogP contribution in [0.3, 0.4) is 0 Å². The summed E-state index contributed by atoms with van der Waals surface area (Å²) in [6.07, 6.45) is 3.56. The van der Waals surface area contributed by atoms with E-state index in [1.165, 1.54) is 12.1 Å². The molecule has 1 aromatic carbocycles. The van der Waals surface area contributed by atoms with Gasteiger partial charge < -0.3 is 9.88 Å². The minimum Gasteiger partial charge on any atom is -0.374 e. The van der Waals surface area contributed by atoms with Gasteiger partial charge in [-0.25, -0.2) is 9.37 Å². The van der Waals surface area contributed by atoms with Crippen LogP contribution in [0, 0.1) is 17.1 Å². The van der Waals surface area contributed by atoms with Crippen LogP contribution in [-0.4, -0.2) is 9.55 Å². The zero-order chi connectivity index (χ0) is 13.1. The molecule has 2 rings (SSSR count). The average Bonchev–Trinajstić information content (AvgIpc) is 2.77. The Morgan fingerprint density at radius 3 is 2.89 bits per heavy atom. The van der Waals surface area contributed by atoms with Crippen molar-refractivity contribution in [2.45, 2.75) is 13.0 Å². The number of aryl methyl sites for hydroxylation is 1. The molecule has 0 amide bonds. The van der Waals surface area contributed by atoms with Gasteiger partial charge in [0.05, 0.1) is 17.3 Å². The van der Waals surface area contributed by atoms with Gasteiger partial charge in [-0.3, -0.25) is 0 Å². The van der Waals surface area contributed by atoms with Crippen LogP contribution in [-0.2, 0) is 7.05 Å². The van der Waals surface area contributed by atoms with Crippen LogP contribution in [0.4, 0.5) is 10.1 Å². The molecule has 0 saturated carbocycles. The summed E-state index contributed by atoms with van der Waals surface area (Å²) in [6.45, 7) is 1.94. The summed E-state index contributed by atoms with van der Waals surface area (Å²) in [5.41, 5.74) is 0.894. The number of imidazole rings is 1. The van der Waals surface area contributed by atoms with E-state index in [1.807, 2.05) is 30.8 Å². The number of nitriles is 1. The molecule has 0 aliphatic rings. The van der Waals surface area contributed by atoms with Crippen molar-refractivity contribution in [3.63, 3.8) is 0 Å².